The van der Waals surface area contributed by atoms with E-state index < -0.39 is 0 Å². The van der Waals surface area contributed by atoms with E-state index in [-0.39, 0.29) is 18.0 Å². The van der Waals surface area contributed by atoms with Crippen molar-refractivity contribution in [2.24, 2.45) is 0 Å². The van der Waals surface area contributed by atoms with Gasteiger partial charge in [0.25, 0.3) is 0 Å². The second-order valence-corrected chi connectivity index (χ2v) is 6.94. The first-order valence-corrected chi connectivity index (χ1v) is 9.35. The molecule has 0 amide bonds. The van der Waals surface area contributed by atoms with Crippen molar-refractivity contribution in [3.05, 3.63) is 101 Å². The highest BCUT2D eigenvalue weighted by Gasteiger charge is 2.32. The second-order valence-electron chi connectivity index (χ2n) is 6.94. The Kier molecular flexibility index (Phi) is 4.13. The second kappa shape index (κ2) is 6.95. The van der Waals surface area contributed by atoms with Crippen LogP contribution in [0, 0.1) is 0 Å². The molecule has 5 nitrogen and oxygen atoms in total. The van der Waals surface area contributed by atoms with E-state index in [0.29, 0.717) is 17.7 Å². The van der Waals surface area contributed by atoms with Crippen molar-refractivity contribution in [2.45, 2.75) is 12.5 Å². The fourth-order valence-corrected chi connectivity index (χ4v) is 3.68. The highest BCUT2D eigenvalue weighted by Crippen LogP contribution is 2.36. The van der Waals surface area contributed by atoms with Gasteiger partial charge in [-0.3, -0.25) is 4.79 Å². The summed E-state index contributed by atoms with van der Waals surface area (Å²) in [4.78, 5) is 25.8. The molecule has 1 unspecified atom stereocenters. The minimum atomic E-state index is -0.323. The monoisotopic (exact) mass is 383 g/mol. The third-order valence-corrected chi connectivity index (χ3v) is 5.05. The fraction of sp³-hybridized carbons (Fsp3) is 0.0833. The molecule has 1 atom stereocenters. The third-order valence-electron chi connectivity index (χ3n) is 5.05. The maximum atomic E-state index is 11.8. The lowest BCUT2D eigenvalue weighted by Gasteiger charge is -2.07. The number of carbonyl (C=O) groups is 2. The van der Waals surface area contributed by atoms with Crippen molar-refractivity contribution in [2.75, 3.05) is 0 Å². The summed E-state index contributed by atoms with van der Waals surface area (Å²) in [6.45, 7) is 0. The Morgan fingerprint density at radius 3 is 2.48 bits per heavy atom. The summed E-state index contributed by atoms with van der Waals surface area (Å²) in [5.74, 6) is 0.313. The van der Waals surface area contributed by atoms with Gasteiger partial charge in [0.1, 0.15) is 5.75 Å². The summed E-state index contributed by atoms with van der Waals surface area (Å²) in [7, 11) is 0. The number of H-pyrrole nitrogens is 1. The van der Waals surface area contributed by atoms with Crippen molar-refractivity contribution >= 4 is 22.8 Å². The Morgan fingerprint density at radius 2 is 1.62 bits per heavy atom. The van der Waals surface area contributed by atoms with E-state index in [4.69, 9.17) is 9.47 Å². The predicted molar refractivity (Wildman–Crippen MR) is 108 cm³/mol. The van der Waals surface area contributed by atoms with Crippen LogP contribution >= 0.6 is 0 Å². The van der Waals surface area contributed by atoms with Gasteiger partial charge in [0.05, 0.1) is 17.7 Å². The molecule has 1 N–H and O–H groups in total. The molecule has 3 aromatic carbocycles. The van der Waals surface area contributed by atoms with Gasteiger partial charge < -0.3 is 14.5 Å². The topological polar surface area (TPSA) is 68.4 Å². The lowest BCUT2D eigenvalue weighted by molar-refractivity contribution is -0.131. The highest BCUT2D eigenvalue weighted by molar-refractivity contribution is 5.94. The number of hydrogen-bond acceptors (Lipinski definition) is 4. The fourth-order valence-electron chi connectivity index (χ4n) is 3.68. The Balaban J connectivity index is 0.000000153. The van der Waals surface area contributed by atoms with E-state index in [1.165, 1.54) is 0 Å². The predicted octanol–water partition coefficient (Wildman–Crippen LogP) is 4.58. The summed E-state index contributed by atoms with van der Waals surface area (Å²) in [6.07, 6.45) is 0.104. The van der Waals surface area contributed by atoms with Gasteiger partial charge in [0.2, 0.25) is 0 Å². The van der Waals surface area contributed by atoms with E-state index in [0.717, 1.165) is 27.7 Å². The molecule has 4 aromatic rings. The molecule has 29 heavy (non-hydrogen) atoms. The van der Waals surface area contributed by atoms with Crippen LogP contribution < -0.4 is 4.74 Å². The smallest absolute Gasteiger partial charge is 0.339 e. The Bertz CT molecular complexity index is 1180. The molecule has 0 saturated carbocycles. The molecule has 0 radical (unpaired) electrons. The summed E-state index contributed by atoms with van der Waals surface area (Å²) < 4.78 is 10.3. The number of aromatic amines is 1. The van der Waals surface area contributed by atoms with Crippen LogP contribution in [-0.2, 0) is 16.0 Å². The molecule has 5 heteroatoms. The average Bonchev–Trinajstić information content (AvgIpc) is 3.42. The molecule has 1 aromatic heterocycles. The van der Waals surface area contributed by atoms with Crippen LogP contribution in [0.3, 0.4) is 0 Å². The molecular formula is C24H17NO4. The quantitative estimate of drug-likeness (QED) is 0.386. The van der Waals surface area contributed by atoms with Gasteiger partial charge in [0, 0.05) is 16.6 Å². The number of cyclic esters (lactones) is 1. The number of esters is 2. The maximum Gasteiger partial charge on any atom is 0.339 e. The van der Waals surface area contributed by atoms with E-state index in [1.807, 2.05) is 66.7 Å². The van der Waals surface area contributed by atoms with Gasteiger partial charge in [0.15, 0.2) is 6.10 Å². The van der Waals surface area contributed by atoms with E-state index in [1.54, 1.807) is 12.1 Å². The molecule has 0 fully saturated rings. The van der Waals surface area contributed by atoms with Crippen LogP contribution in [0.15, 0.2) is 78.9 Å². The van der Waals surface area contributed by atoms with Crippen LogP contribution in [0.4, 0.5) is 0 Å². The third kappa shape index (κ3) is 3.17. The normalized spacial score (nSPS) is 16.5. The zero-order valence-corrected chi connectivity index (χ0v) is 15.4. The molecule has 2 aliphatic heterocycles. The molecule has 142 valence electrons. The number of rotatable bonds is 1. The van der Waals surface area contributed by atoms with Crippen molar-refractivity contribution in [1.29, 1.82) is 0 Å². The minimum absolute atomic E-state index is 0.152. The van der Waals surface area contributed by atoms with Crippen LogP contribution in [0.25, 0.3) is 10.9 Å². The maximum absolute atomic E-state index is 11.8. The summed E-state index contributed by atoms with van der Waals surface area (Å²) in [6, 6.07) is 25.1. The van der Waals surface area contributed by atoms with E-state index >= 15 is 0 Å². The number of carbonyl (C=O) groups excluding carboxylic acids is 2. The van der Waals surface area contributed by atoms with E-state index in [9.17, 15) is 9.59 Å². The van der Waals surface area contributed by atoms with Crippen molar-refractivity contribution in [3.63, 3.8) is 0 Å². The minimum Gasteiger partial charge on any atom is -0.447 e. The van der Waals surface area contributed by atoms with Crippen LogP contribution in [0.1, 0.15) is 33.3 Å². The number of fused-ring (bicyclic) bond motifs is 3. The first-order valence-electron chi connectivity index (χ1n) is 9.35. The zero-order valence-electron chi connectivity index (χ0n) is 15.4. The van der Waals surface area contributed by atoms with Crippen molar-refractivity contribution < 1.29 is 19.1 Å². The molecule has 3 heterocycles. The van der Waals surface area contributed by atoms with Gasteiger partial charge in [-0.25, -0.2) is 4.79 Å². The highest BCUT2D eigenvalue weighted by atomic mass is 16.6. The Morgan fingerprint density at radius 1 is 0.862 bits per heavy atom. The van der Waals surface area contributed by atoms with Gasteiger partial charge in [-0.2, -0.15) is 0 Å². The van der Waals surface area contributed by atoms with Gasteiger partial charge in [-0.05, 0) is 29.7 Å². The number of nitrogens with one attached hydrogen (secondary N) is 1. The first kappa shape index (κ1) is 17.3. The van der Waals surface area contributed by atoms with Gasteiger partial charge in [-0.1, -0.05) is 54.6 Å². The standard InChI is InChI=1S/C16H11NO2.C8H6O2/c18-16-12-7-3-2-6-11(12)15(19-16)14-9-10-5-1-4-8-13(10)17-14;9-8-5-6-3-1-2-4-7(6)10-8/h1-9,15,17H;1-4H,5H2. The average molecular weight is 383 g/mol. The Hall–Kier alpha value is -3.86. The SMILES string of the molecule is O=C1Cc2ccccc2O1.O=C1OC(c2cc3ccccc3[nH]2)c2ccccc21. The molecule has 0 aliphatic carbocycles. The number of benzene rings is 3. The number of para-hydroxylation sites is 2. The summed E-state index contributed by atoms with van der Waals surface area (Å²) >= 11 is 0. The first-order chi connectivity index (χ1) is 14.2. The molecule has 0 spiro atoms. The summed E-state index contributed by atoms with van der Waals surface area (Å²) in [5, 5.41) is 1.12. The number of ether oxygens (including phenoxy) is 2. The van der Waals surface area contributed by atoms with Crippen LogP contribution in [0.2, 0.25) is 0 Å². The van der Waals surface area contributed by atoms with Crippen molar-refractivity contribution in [1.82, 2.24) is 4.98 Å². The van der Waals surface area contributed by atoms with Crippen molar-refractivity contribution in [3.8, 4) is 5.75 Å². The number of aromatic nitrogens is 1. The molecule has 2 aliphatic rings. The lowest BCUT2D eigenvalue weighted by atomic mass is 10.0. The molecule has 0 bridgehead atoms. The van der Waals surface area contributed by atoms with Crippen LogP contribution in [0.5, 0.6) is 5.75 Å². The molecule has 6 rings (SSSR count). The molecule has 0 saturated heterocycles. The Labute approximate surface area is 166 Å². The largest absolute Gasteiger partial charge is 0.447 e. The molecular weight excluding hydrogens is 366 g/mol. The summed E-state index contributed by atoms with van der Waals surface area (Å²) in [5.41, 5.74) is 4.55. The van der Waals surface area contributed by atoms with Gasteiger partial charge in [-0.15, -0.1) is 0 Å². The van der Waals surface area contributed by atoms with E-state index in [2.05, 4.69) is 4.98 Å². The lowest BCUT2D eigenvalue weighted by Crippen LogP contribution is -2.00. The van der Waals surface area contributed by atoms with Gasteiger partial charge >= 0.3 is 11.9 Å². The zero-order chi connectivity index (χ0) is 19.8. The van der Waals surface area contributed by atoms with Crippen LogP contribution in [-0.4, -0.2) is 16.9 Å². The number of hydrogen-bond donors (Lipinski definition) is 1.